The minimum absolute atomic E-state index is 0.617. The summed E-state index contributed by atoms with van der Waals surface area (Å²) >= 11 is 0. The van der Waals surface area contributed by atoms with Gasteiger partial charge in [0.05, 0.1) is 25.6 Å². The third-order valence-electron chi connectivity index (χ3n) is 1.28. The van der Waals surface area contributed by atoms with Crippen LogP contribution in [0.2, 0.25) is 0 Å². The summed E-state index contributed by atoms with van der Waals surface area (Å²) in [4.78, 5) is 6.08. The second kappa shape index (κ2) is 7.06. The highest BCUT2D eigenvalue weighted by molar-refractivity contribution is 5.77. The maximum atomic E-state index is 5.34. The van der Waals surface area contributed by atoms with Gasteiger partial charge in [-0.2, -0.15) is 0 Å². The zero-order valence-electron chi connectivity index (χ0n) is 8.21. The lowest BCUT2D eigenvalue weighted by molar-refractivity contribution is 0.124. The van der Waals surface area contributed by atoms with Gasteiger partial charge in [0.1, 0.15) is 0 Å². The van der Waals surface area contributed by atoms with E-state index >= 15 is 0 Å². The van der Waals surface area contributed by atoms with Gasteiger partial charge >= 0.3 is 0 Å². The number of likely N-dealkylation sites (N-methyl/N-ethyl adjacent to an activating group) is 1. The van der Waals surface area contributed by atoms with Crippen molar-refractivity contribution < 1.29 is 4.74 Å². The molecule has 0 spiro atoms. The van der Waals surface area contributed by atoms with Crippen molar-refractivity contribution >= 4 is 5.84 Å². The zero-order chi connectivity index (χ0) is 9.40. The van der Waals surface area contributed by atoms with Crippen LogP contribution < -0.4 is 5.73 Å². The van der Waals surface area contributed by atoms with Crippen LogP contribution in [0.3, 0.4) is 0 Å². The Balaban J connectivity index is 3.06. The molecule has 0 aliphatic heterocycles. The molecule has 0 saturated heterocycles. The summed E-state index contributed by atoms with van der Waals surface area (Å²) < 4.78 is 5.29. The van der Waals surface area contributed by atoms with Gasteiger partial charge in [-0.3, -0.25) is 4.99 Å². The lowest BCUT2D eigenvalue weighted by atomic mass is 10.6. The Labute approximate surface area is 74.4 Å². The SMILES string of the molecule is CC(N)=NCCOCCN(C)C. The van der Waals surface area contributed by atoms with Gasteiger partial charge in [0, 0.05) is 6.54 Å². The fourth-order valence-corrected chi connectivity index (χ4v) is 0.636. The molecule has 4 heteroatoms. The molecule has 0 atom stereocenters. The van der Waals surface area contributed by atoms with Gasteiger partial charge in [-0.05, 0) is 21.0 Å². The number of ether oxygens (including phenoxy) is 1. The molecule has 0 amide bonds. The van der Waals surface area contributed by atoms with Crippen LogP contribution in [0.5, 0.6) is 0 Å². The smallest absolute Gasteiger partial charge is 0.0906 e. The van der Waals surface area contributed by atoms with Crippen LogP contribution in [-0.4, -0.2) is 51.1 Å². The number of nitrogens with two attached hydrogens (primary N) is 1. The normalized spacial score (nSPS) is 12.5. The second-order valence-corrected chi connectivity index (χ2v) is 2.94. The van der Waals surface area contributed by atoms with Crippen LogP contribution >= 0.6 is 0 Å². The number of aliphatic imine (C=N–C) groups is 1. The summed E-state index contributed by atoms with van der Waals surface area (Å²) in [7, 11) is 4.04. The minimum Gasteiger partial charge on any atom is -0.388 e. The first kappa shape index (κ1) is 11.4. The van der Waals surface area contributed by atoms with Crippen molar-refractivity contribution in [3.63, 3.8) is 0 Å². The maximum Gasteiger partial charge on any atom is 0.0906 e. The van der Waals surface area contributed by atoms with Crippen molar-refractivity contribution in [2.45, 2.75) is 6.92 Å². The largest absolute Gasteiger partial charge is 0.388 e. The van der Waals surface area contributed by atoms with Gasteiger partial charge in [0.2, 0.25) is 0 Å². The predicted molar refractivity (Wildman–Crippen MR) is 51.5 cm³/mol. The average Bonchev–Trinajstić information content (AvgIpc) is 1.95. The Morgan fingerprint density at radius 3 is 2.58 bits per heavy atom. The Morgan fingerprint density at radius 2 is 2.08 bits per heavy atom. The Kier molecular flexibility index (Phi) is 6.70. The molecule has 4 nitrogen and oxygen atoms in total. The molecule has 0 aliphatic rings. The first-order valence-electron chi connectivity index (χ1n) is 4.12. The molecule has 12 heavy (non-hydrogen) atoms. The number of nitrogens with zero attached hydrogens (tertiary/aromatic N) is 2. The molecule has 72 valence electrons. The topological polar surface area (TPSA) is 50.9 Å². The molecule has 0 aromatic carbocycles. The fraction of sp³-hybridized carbons (Fsp3) is 0.875. The molecule has 0 fully saturated rings. The van der Waals surface area contributed by atoms with Gasteiger partial charge in [-0.1, -0.05) is 0 Å². The third kappa shape index (κ3) is 9.39. The monoisotopic (exact) mass is 173 g/mol. The Bertz CT molecular complexity index is 130. The van der Waals surface area contributed by atoms with E-state index in [1.807, 2.05) is 14.1 Å². The van der Waals surface area contributed by atoms with E-state index in [9.17, 15) is 0 Å². The molecule has 0 radical (unpaired) electrons. The van der Waals surface area contributed by atoms with Crippen molar-refractivity contribution in [2.75, 3.05) is 40.4 Å². The first-order valence-corrected chi connectivity index (χ1v) is 4.12. The summed E-state index contributed by atoms with van der Waals surface area (Å²) in [5.41, 5.74) is 5.34. The number of amidine groups is 1. The van der Waals surface area contributed by atoms with Gasteiger partial charge in [0.15, 0.2) is 0 Å². The van der Waals surface area contributed by atoms with Gasteiger partial charge in [-0.25, -0.2) is 0 Å². The van der Waals surface area contributed by atoms with E-state index in [0.717, 1.165) is 13.2 Å². The lowest BCUT2D eigenvalue weighted by Crippen LogP contribution is -2.19. The summed E-state index contributed by atoms with van der Waals surface area (Å²) in [6.45, 7) is 4.80. The van der Waals surface area contributed by atoms with E-state index < -0.39 is 0 Å². The van der Waals surface area contributed by atoms with Gasteiger partial charge < -0.3 is 15.4 Å². The third-order valence-corrected chi connectivity index (χ3v) is 1.28. The van der Waals surface area contributed by atoms with Crippen LogP contribution in [0.4, 0.5) is 0 Å². The van der Waals surface area contributed by atoms with E-state index in [4.69, 9.17) is 10.5 Å². The molecule has 0 aromatic heterocycles. The molecule has 2 N–H and O–H groups in total. The molecule has 0 unspecified atom stereocenters. The molecule has 0 saturated carbocycles. The lowest BCUT2D eigenvalue weighted by Gasteiger charge is -2.08. The predicted octanol–water partition coefficient (Wildman–Crippen LogP) is -0.0583. The minimum atomic E-state index is 0.617. The molecular formula is C8H19N3O. The summed E-state index contributed by atoms with van der Waals surface area (Å²) in [6.07, 6.45) is 0. The zero-order valence-corrected chi connectivity index (χ0v) is 8.21. The van der Waals surface area contributed by atoms with Crippen molar-refractivity contribution in [3.8, 4) is 0 Å². The highest BCUT2D eigenvalue weighted by Gasteiger charge is 1.89. The maximum absolute atomic E-state index is 5.34. The average molecular weight is 173 g/mol. The van der Waals surface area contributed by atoms with Crippen molar-refractivity contribution in [2.24, 2.45) is 10.7 Å². The highest BCUT2D eigenvalue weighted by Crippen LogP contribution is 1.79. The Morgan fingerprint density at radius 1 is 1.42 bits per heavy atom. The second-order valence-electron chi connectivity index (χ2n) is 2.94. The molecule has 0 aliphatic carbocycles. The number of rotatable bonds is 6. The summed E-state index contributed by atoms with van der Waals surface area (Å²) in [6, 6.07) is 0. The standard InChI is InChI=1S/C8H19N3O/c1-8(9)10-4-6-12-7-5-11(2)3/h4-7H2,1-3H3,(H2,9,10). The van der Waals surface area contributed by atoms with Crippen LogP contribution in [0.25, 0.3) is 0 Å². The van der Waals surface area contributed by atoms with Crippen LogP contribution in [-0.2, 0) is 4.74 Å². The van der Waals surface area contributed by atoms with E-state index in [0.29, 0.717) is 19.0 Å². The molecule has 0 heterocycles. The molecule has 0 bridgehead atoms. The van der Waals surface area contributed by atoms with Crippen molar-refractivity contribution in [1.29, 1.82) is 0 Å². The van der Waals surface area contributed by atoms with Crippen molar-refractivity contribution in [1.82, 2.24) is 4.90 Å². The first-order chi connectivity index (χ1) is 5.63. The van der Waals surface area contributed by atoms with E-state index in [1.165, 1.54) is 0 Å². The fourth-order valence-electron chi connectivity index (χ4n) is 0.636. The van der Waals surface area contributed by atoms with Gasteiger partial charge in [-0.15, -0.1) is 0 Å². The quantitative estimate of drug-likeness (QED) is 0.348. The van der Waals surface area contributed by atoms with E-state index in [2.05, 4.69) is 9.89 Å². The van der Waals surface area contributed by atoms with Gasteiger partial charge in [0.25, 0.3) is 0 Å². The molecular weight excluding hydrogens is 154 g/mol. The molecule has 0 rings (SSSR count). The summed E-state index contributed by atoms with van der Waals surface area (Å²) in [5.74, 6) is 0.617. The van der Waals surface area contributed by atoms with Crippen LogP contribution in [0.1, 0.15) is 6.92 Å². The highest BCUT2D eigenvalue weighted by atomic mass is 16.5. The molecule has 0 aromatic rings. The van der Waals surface area contributed by atoms with E-state index in [-0.39, 0.29) is 0 Å². The van der Waals surface area contributed by atoms with E-state index in [1.54, 1.807) is 6.92 Å². The number of hydrogen-bond donors (Lipinski definition) is 1. The summed E-state index contributed by atoms with van der Waals surface area (Å²) in [5, 5.41) is 0. The number of hydrogen-bond acceptors (Lipinski definition) is 3. The van der Waals surface area contributed by atoms with Crippen LogP contribution in [0.15, 0.2) is 4.99 Å². The van der Waals surface area contributed by atoms with Crippen molar-refractivity contribution in [3.05, 3.63) is 0 Å². The van der Waals surface area contributed by atoms with Crippen LogP contribution in [0, 0.1) is 0 Å². The Hall–Kier alpha value is -0.610.